The minimum absolute atomic E-state index is 0.238. The summed E-state index contributed by atoms with van der Waals surface area (Å²) in [6, 6.07) is 10.7. The van der Waals surface area contributed by atoms with E-state index in [2.05, 4.69) is 74.8 Å². The maximum atomic E-state index is 5.64. The predicted molar refractivity (Wildman–Crippen MR) is 127 cm³/mol. The topological polar surface area (TPSA) is 77.6 Å². The number of anilines is 1. The molecule has 1 aromatic carbocycles. The maximum absolute atomic E-state index is 5.64. The molecule has 1 aliphatic rings. The van der Waals surface area contributed by atoms with E-state index in [1.165, 1.54) is 27.6 Å². The van der Waals surface area contributed by atoms with Crippen LogP contribution in [0.25, 0.3) is 10.9 Å². The van der Waals surface area contributed by atoms with Gasteiger partial charge in [0.2, 0.25) is 0 Å². The number of aromatic amines is 1. The van der Waals surface area contributed by atoms with Crippen molar-refractivity contribution >= 4 is 22.7 Å². The van der Waals surface area contributed by atoms with Gasteiger partial charge in [0.15, 0.2) is 5.96 Å². The van der Waals surface area contributed by atoms with Crippen molar-refractivity contribution in [3.05, 3.63) is 59.4 Å². The Morgan fingerprint density at radius 2 is 2.19 bits per heavy atom. The summed E-state index contributed by atoms with van der Waals surface area (Å²) in [7, 11) is 1.80. The van der Waals surface area contributed by atoms with Crippen molar-refractivity contribution in [3.8, 4) is 0 Å². The number of pyridine rings is 1. The molecule has 164 valence electrons. The summed E-state index contributed by atoms with van der Waals surface area (Å²) in [6.45, 7) is 8.23. The highest BCUT2D eigenvalue weighted by Crippen LogP contribution is 2.20. The van der Waals surface area contributed by atoms with Crippen molar-refractivity contribution in [2.45, 2.75) is 32.9 Å². The van der Waals surface area contributed by atoms with Gasteiger partial charge in [-0.25, -0.2) is 4.98 Å². The first kappa shape index (κ1) is 21.2. The fourth-order valence-corrected chi connectivity index (χ4v) is 4.00. The lowest BCUT2D eigenvalue weighted by atomic mass is 10.1. The minimum Gasteiger partial charge on any atom is -0.375 e. The summed E-state index contributed by atoms with van der Waals surface area (Å²) in [5.41, 5.74) is 4.96. The third-order valence-corrected chi connectivity index (χ3v) is 5.67. The lowest BCUT2D eigenvalue weighted by molar-refractivity contribution is 0.0529. The number of morpholine rings is 1. The van der Waals surface area contributed by atoms with Crippen LogP contribution in [0.4, 0.5) is 5.82 Å². The highest BCUT2D eigenvalue weighted by atomic mass is 16.5. The zero-order chi connectivity index (χ0) is 21.6. The van der Waals surface area contributed by atoms with Gasteiger partial charge in [0, 0.05) is 56.5 Å². The van der Waals surface area contributed by atoms with E-state index >= 15 is 0 Å². The molecule has 0 spiro atoms. The molecule has 1 unspecified atom stereocenters. The van der Waals surface area contributed by atoms with Crippen molar-refractivity contribution in [3.63, 3.8) is 0 Å². The average molecular weight is 421 g/mol. The number of aliphatic imine (C=N–C) groups is 1. The van der Waals surface area contributed by atoms with Crippen LogP contribution in [0.3, 0.4) is 0 Å². The van der Waals surface area contributed by atoms with Gasteiger partial charge < -0.3 is 25.3 Å². The fourth-order valence-electron chi connectivity index (χ4n) is 4.00. The van der Waals surface area contributed by atoms with E-state index in [4.69, 9.17) is 4.74 Å². The number of benzene rings is 1. The van der Waals surface area contributed by atoms with Crippen LogP contribution in [-0.4, -0.2) is 55.3 Å². The van der Waals surface area contributed by atoms with E-state index in [-0.39, 0.29) is 6.10 Å². The third-order valence-electron chi connectivity index (χ3n) is 5.67. The molecule has 3 heterocycles. The van der Waals surface area contributed by atoms with Crippen LogP contribution in [-0.2, 0) is 17.7 Å². The molecular weight excluding hydrogens is 388 g/mol. The summed E-state index contributed by atoms with van der Waals surface area (Å²) in [5, 5.41) is 8.12. The van der Waals surface area contributed by atoms with Crippen LogP contribution in [0.2, 0.25) is 0 Å². The Kier molecular flexibility index (Phi) is 6.72. The van der Waals surface area contributed by atoms with Gasteiger partial charge in [-0.05, 0) is 55.2 Å². The molecular formula is C24H32N6O. The van der Waals surface area contributed by atoms with Gasteiger partial charge in [-0.15, -0.1) is 0 Å². The first-order valence-corrected chi connectivity index (χ1v) is 10.9. The number of aromatic nitrogens is 2. The van der Waals surface area contributed by atoms with Crippen LogP contribution < -0.4 is 15.5 Å². The Labute approximate surface area is 183 Å². The van der Waals surface area contributed by atoms with Crippen molar-refractivity contribution < 1.29 is 4.74 Å². The molecule has 3 N–H and O–H groups in total. The standard InChI is InChI=1S/C24H32N6O/c1-17-4-5-21-20(15-28-22(21)12-17)7-9-27-24(25-3)29-14-19-6-8-26-23(13-19)30-10-11-31-18(2)16-30/h4-6,8,12-13,15,18,28H,7,9-11,14,16H2,1-3H3,(H2,25,27,29). The molecule has 31 heavy (non-hydrogen) atoms. The second kappa shape index (κ2) is 9.83. The van der Waals surface area contributed by atoms with Gasteiger partial charge in [-0.1, -0.05) is 12.1 Å². The highest BCUT2D eigenvalue weighted by Gasteiger charge is 2.18. The molecule has 1 fully saturated rings. The summed E-state index contributed by atoms with van der Waals surface area (Å²) in [4.78, 5) is 14.6. The van der Waals surface area contributed by atoms with Crippen LogP contribution in [0.1, 0.15) is 23.6 Å². The zero-order valence-electron chi connectivity index (χ0n) is 18.6. The normalized spacial score (nSPS) is 17.2. The number of hydrogen-bond acceptors (Lipinski definition) is 4. The lowest BCUT2D eigenvalue weighted by Crippen LogP contribution is -2.41. The quantitative estimate of drug-likeness (QED) is 0.422. The Balaban J connectivity index is 1.29. The third kappa shape index (κ3) is 5.35. The lowest BCUT2D eigenvalue weighted by Gasteiger charge is -2.32. The SMILES string of the molecule is CN=C(NCCc1c[nH]c2cc(C)ccc12)NCc1ccnc(N2CCOC(C)C2)c1. The van der Waals surface area contributed by atoms with Gasteiger partial charge in [0.25, 0.3) is 0 Å². The van der Waals surface area contributed by atoms with E-state index < -0.39 is 0 Å². The molecule has 0 bridgehead atoms. The van der Waals surface area contributed by atoms with Gasteiger partial charge >= 0.3 is 0 Å². The van der Waals surface area contributed by atoms with E-state index in [1.807, 2.05) is 12.3 Å². The summed E-state index contributed by atoms with van der Waals surface area (Å²) in [6.07, 6.45) is 5.15. The van der Waals surface area contributed by atoms with Crippen LogP contribution in [0.15, 0.2) is 47.7 Å². The van der Waals surface area contributed by atoms with Crippen LogP contribution in [0.5, 0.6) is 0 Å². The molecule has 1 saturated heterocycles. The van der Waals surface area contributed by atoms with Crippen LogP contribution in [0, 0.1) is 6.92 Å². The van der Waals surface area contributed by atoms with Crippen molar-refractivity contribution in [1.29, 1.82) is 0 Å². The Bertz CT molecular complexity index is 1040. The van der Waals surface area contributed by atoms with Crippen molar-refractivity contribution in [1.82, 2.24) is 20.6 Å². The first-order chi connectivity index (χ1) is 15.1. The zero-order valence-corrected chi connectivity index (χ0v) is 18.6. The molecule has 0 amide bonds. The molecule has 2 aromatic heterocycles. The first-order valence-electron chi connectivity index (χ1n) is 10.9. The number of nitrogens with zero attached hydrogens (tertiary/aromatic N) is 3. The summed E-state index contributed by atoms with van der Waals surface area (Å²) in [5.74, 6) is 1.81. The van der Waals surface area contributed by atoms with Crippen LogP contribution >= 0.6 is 0 Å². The predicted octanol–water partition coefficient (Wildman–Crippen LogP) is 3.00. The molecule has 7 heteroatoms. The van der Waals surface area contributed by atoms with Crippen molar-refractivity contribution in [2.24, 2.45) is 4.99 Å². The molecule has 1 aliphatic heterocycles. The monoisotopic (exact) mass is 420 g/mol. The largest absolute Gasteiger partial charge is 0.375 e. The van der Waals surface area contributed by atoms with E-state index in [0.717, 1.165) is 44.4 Å². The number of rotatable bonds is 6. The molecule has 0 saturated carbocycles. The van der Waals surface area contributed by atoms with Gasteiger partial charge in [-0.2, -0.15) is 0 Å². The number of H-pyrrole nitrogens is 1. The maximum Gasteiger partial charge on any atom is 0.191 e. The number of nitrogens with one attached hydrogen (secondary N) is 3. The number of ether oxygens (including phenoxy) is 1. The molecule has 0 radical (unpaired) electrons. The number of guanidine groups is 1. The number of hydrogen-bond donors (Lipinski definition) is 3. The molecule has 1 atom stereocenters. The van der Waals surface area contributed by atoms with Gasteiger partial charge in [-0.3, -0.25) is 4.99 Å². The smallest absolute Gasteiger partial charge is 0.191 e. The Hall–Kier alpha value is -3.06. The fraction of sp³-hybridized carbons (Fsp3) is 0.417. The minimum atomic E-state index is 0.238. The molecule has 4 rings (SSSR count). The average Bonchev–Trinajstić information content (AvgIpc) is 3.18. The van der Waals surface area contributed by atoms with E-state index in [9.17, 15) is 0 Å². The van der Waals surface area contributed by atoms with E-state index in [1.54, 1.807) is 7.05 Å². The second-order valence-electron chi connectivity index (χ2n) is 8.12. The highest BCUT2D eigenvalue weighted by molar-refractivity contribution is 5.84. The van der Waals surface area contributed by atoms with Gasteiger partial charge in [0.1, 0.15) is 5.82 Å². The van der Waals surface area contributed by atoms with Gasteiger partial charge in [0.05, 0.1) is 12.7 Å². The number of fused-ring (bicyclic) bond motifs is 1. The second-order valence-corrected chi connectivity index (χ2v) is 8.12. The summed E-state index contributed by atoms with van der Waals surface area (Å²) < 4.78 is 5.64. The Morgan fingerprint density at radius 1 is 1.29 bits per heavy atom. The Morgan fingerprint density at radius 3 is 3.03 bits per heavy atom. The molecule has 7 nitrogen and oxygen atoms in total. The van der Waals surface area contributed by atoms with E-state index in [0.29, 0.717) is 6.54 Å². The molecule has 3 aromatic rings. The van der Waals surface area contributed by atoms with Crippen molar-refractivity contribution in [2.75, 3.05) is 38.2 Å². The summed E-state index contributed by atoms with van der Waals surface area (Å²) >= 11 is 0. The molecule has 0 aliphatic carbocycles. The number of aryl methyl sites for hydroxylation is 1.